The summed E-state index contributed by atoms with van der Waals surface area (Å²) in [6, 6.07) is 12.0. The van der Waals surface area contributed by atoms with Crippen molar-refractivity contribution >= 4 is 29.3 Å². The fraction of sp³-hybridized carbons (Fsp3) is 0.211. The molecular weight excluding hydrogens is 390 g/mol. The molecule has 10 heteroatoms. The van der Waals surface area contributed by atoms with Gasteiger partial charge in [-0.25, -0.2) is 9.59 Å². The number of amides is 2. The Kier molecular flexibility index (Phi) is 7.47. The molecule has 1 atom stereocenters. The number of rotatable bonds is 7. The molecule has 2 aromatic rings. The van der Waals surface area contributed by atoms with Crippen molar-refractivity contribution in [2.75, 3.05) is 12.4 Å². The minimum atomic E-state index is -2.93. The van der Waals surface area contributed by atoms with Gasteiger partial charge in [-0.05, 0) is 43.3 Å². The Labute approximate surface area is 164 Å². The predicted molar refractivity (Wildman–Crippen MR) is 98.2 cm³/mol. The Hall–Kier alpha value is -3.69. The zero-order valence-corrected chi connectivity index (χ0v) is 15.5. The van der Waals surface area contributed by atoms with E-state index < -0.39 is 30.7 Å². The Morgan fingerprint density at radius 2 is 1.66 bits per heavy atom. The van der Waals surface area contributed by atoms with Crippen LogP contribution in [0.25, 0.3) is 0 Å². The number of imide groups is 1. The first kappa shape index (κ1) is 21.6. The number of hydrogen-bond donors (Lipinski definition) is 2. The maximum Gasteiger partial charge on any atom is 0.413 e. The van der Waals surface area contributed by atoms with Gasteiger partial charge in [-0.3, -0.25) is 10.1 Å². The molecule has 0 saturated carbocycles. The molecule has 154 valence electrons. The van der Waals surface area contributed by atoms with E-state index in [0.29, 0.717) is 11.4 Å². The molecule has 0 aliphatic carbocycles. The van der Waals surface area contributed by atoms with Gasteiger partial charge in [-0.1, -0.05) is 12.1 Å². The smallest absolute Gasteiger partial charge is 0.413 e. The third-order valence-corrected chi connectivity index (χ3v) is 3.57. The first-order chi connectivity index (χ1) is 13.8. The highest BCUT2D eigenvalue weighted by Gasteiger charge is 2.22. The number of anilines is 2. The van der Waals surface area contributed by atoms with Crippen molar-refractivity contribution < 1.29 is 37.4 Å². The van der Waals surface area contributed by atoms with Crippen LogP contribution in [0.3, 0.4) is 0 Å². The number of ether oxygens (including phenoxy) is 3. The monoisotopic (exact) mass is 408 g/mol. The summed E-state index contributed by atoms with van der Waals surface area (Å²) in [5, 5.41) is 4.86. The summed E-state index contributed by atoms with van der Waals surface area (Å²) in [5.74, 6) is -1.66. The molecule has 0 aromatic heterocycles. The van der Waals surface area contributed by atoms with Crippen molar-refractivity contribution in [2.45, 2.75) is 19.6 Å². The van der Waals surface area contributed by atoms with Crippen molar-refractivity contribution in [3.05, 3.63) is 54.1 Å². The van der Waals surface area contributed by atoms with E-state index in [9.17, 15) is 23.2 Å². The molecule has 2 rings (SSSR count). The Morgan fingerprint density at radius 3 is 2.28 bits per heavy atom. The van der Waals surface area contributed by atoms with Gasteiger partial charge in [0.1, 0.15) is 5.75 Å². The average Bonchev–Trinajstić information content (AvgIpc) is 2.69. The summed E-state index contributed by atoms with van der Waals surface area (Å²) in [4.78, 5) is 35.3. The first-order valence-electron chi connectivity index (χ1n) is 8.31. The normalized spacial score (nSPS) is 11.3. The number of nitrogens with one attached hydrogen (secondary N) is 2. The summed E-state index contributed by atoms with van der Waals surface area (Å²) in [7, 11) is 1.09. The topological polar surface area (TPSA) is 103 Å². The van der Waals surface area contributed by atoms with Gasteiger partial charge >= 0.3 is 18.7 Å². The van der Waals surface area contributed by atoms with Gasteiger partial charge in [0.2, 0.25) is 0 Å². The third kappa shape index (κ3) is 6.45. The van der Waals surface area contributed by atoms with Crippen LogP contribution in [0.4, 0.5) is 25.0 Å². The van der Waals surface area contributed by atoms with Crippen LogP contribution in [-0.4, -0.2) is 37.8 Å². The molecule has 2 N–H and O–H groups in total. The first-order valence-corrected chi connectivity index (χ1v) is 8.31. The third-order valence-electron chi connectivity index (χ3n) is 3.57. The number of methoxy groups -OCH3 is 1. The summed E-state index contributed by atoms with van der Waals surface area (Å²) >= 11 is 0. The van der Waals surface area contributed by atoms with Crippen LogP contribution in [0, 0.1) is 0 Å². The quantitative estimate of drug-likeness (QED) is 0.677. The van der Waals surface area contributed by atoms with E-state index in [-0.39, 0.29) is 11.3 Å². The van der Waals surface area contributed by atoms with E-state index in [1.54, 1.807) is 18.2 Å². The van der Waals surface area contributed by atoms with Crippen molar-refractivity contribution in [1.82, 2.24) is 5.32 Å². The number of hydrogen-bond acceptors (Lipinski definition) is 7. The van der Waals surface area contributed by atoms with Gasteiger partial charge in [-0.15, -0.1) is 0 Å². The van der Waals surface area contributed by atoms with Gasteiger partial charge < -0.3 is 19.5 Å². The van der Waals surface area contributed by atoms with E-state index in [0.717, 1.165) is 7.11 Å². The molecule has 0 spiro atoms. The summed E-state index contributed by atoms with van der Waals surface area (Å²) in [6.07, 6.45) is -2.22. The van der Waals surface area contributed by atoms with E-state index >= 15 is 0 Å². The number of esters is 1. The molecule has 0 unspecified atom stereocenters. The van der Waals surface area contributed by atoms with E-state index in [1.165, 1.54) is 37.3 Å². The lowest BCUT2D eigenvalue weighted by molar-refractivity contribution is -0.128. The molecular formula is C19H18F2N2O6. The molecule has 2 aromatic carbocycles. The van der Waals surface area contributed by atoms with Gasteiger partial charge in [0.15, 0.2) is 6.10 Å². The second-order valence-electron chi connectivity index (χ2n) is 5.60. The molecule has 0 saturated heterocycles. The fourth-order valence-electron chi connectivity index (χ4n) is 2.18. The summed E-state index contributed by atoms with van der Waals surface area (Å²) in [5.41, 5.74) is 0.988. The predicted octanol–water partition coefficient (Wildman–Crippen LogP) is 3.46. The number of halogens is 2. The minimum Gasteiger partial charge on any atom is -0.453 e. The molecule has 0 bridgehead atoms. The lowest BCUT2D eigenvalue weighted by atomic mass is 10.1. The number of carbonyl (C=O) groups excluding carboxylic acids is 3. The number of para-hydroxylation sites is 1. The van der Waals surface area contributed by atoms with Crippen LogP contribution >= 0.6 is 0 Å². The van der Waals surface area contributed by atoms with Crippen LogP contribution in [0.15, 0.2) is 48.5 Å². The number of alkyl carbamates (subject to hydrolysis) is 1. The number of benzene rings is 2. The van der Waals surface area contributed by atoms with Crippen LogP contribution in [0.5, 0.6) is 5.75 Å². The highest BCUT2D eigenvalue weighted by atomic mass is 19.3. The zero-order valence-electron chi connectivity index (χ0n) is 15.5. The summed E-state index contributed by atoms with van der Waals surface area (Å²) in [6.45, 7) is -1.63. The van der Waals surface area contributed by atoms with Crippen molar-refractivity contribution in [2.24, 2.45) is 0 Å². The van der Waals surface area contributed by atoms with Crippen LogP contribution in [0.1, 0.15) is 17.3 Å². The van der Waals surface area contributed by atoms with Crippen molar-refractivity contribution in [1.29, 1.82) is 0 Å². The van der Waals surface area contributed by atoms with Gasteiger partial charge in [0.05, 0.1) is 18.4 Å². The molecule has 0 heterocycles. The van der Waals surface area contributed by atoms with E-state index in [2.05, 4.69) is 14.8 Å². The zero-order chi connectivity index (χ0) is 21.4. The molecule has 0 aliphatic heterocycles. The Bertz CT molecular complexity index is 873. The number of alkyl halides is 2. The van der Waals surface area contributed by atoms with Crippen LogP contribution < -0.4 is 15.4 Å². The van der Waals surface area contributed by atoms with Gasteiger partial charge in [-0.2, -0.15) is 8.78 Å². The highest BCUT2D eigenvalue weighted by molar-refractivity contribution is 5.99. The number of carbonyl (C=O) groups is 3. The van der Waals surface area contributed by atoms with E-state index in [4.69, 9.17) is 4.74 Å². The van der Waals surface area contributed by atoms with Crippen molar-refractivity contribution in [3.63, 3.8) is 0 Å². The second kappa shape index (κ2) is 10.0. The highest BCUT2D eigenvalue weighted by Crippen LogP contribution is 2.24. The Morgan fingerprint density at radius 1 is 1.00 bits per heavy atom. The maximum absolute atomic E-state index is 12.4. The van der Waals surface area contributed by atoms with E-state index in [1.807, 2.05) is 5.32 Å². The van der Waals surface area contributed by atoms with Gasteiger partial charge in [0, 0.05) is 5.69 Å². The maximum atomic E-state index is 12.4. The van der Waals surface area contributed by atoms with Crippen LogP contribution in [0.2, 0.25) is 0 Å². The van der Waals surface area contributed by atoms with Crippen LogP contribution in [-0.2, 0) is 14.3 Å². The SMILES string of the molecule is COC(=O)NC(=O)[C@H](C)OC(=O)c1ccccc1Nc1ccc(OC(F)F)cc1. The lowest BCUT2D eigenvalue weighted by Crippen LogP contribution is -2.39. The molecule has 29 heavy (non-hydrogen) atoms. The second-order valence-corrected chi connectivity index (χ2v) is 5.60. The molecule has 0 aliphatic rings. The minimum absolute atomic E-state index is 0.0105. The molecule has 2 amide bonds. The van der Waals surface area contributed by atoms with Gasteiger partial charge in [0.25, 0.3) is 5.91 Å². The lowest BCUT2D eigenvalue weighted by Gasteiger charge is -2.15. The van der Waals surface area contributed by atoms with Crippen molar-refractivity contribution in [3.8, 4) is 5.75 Å². The molecule has 0 fully saturated rings. The molecule has 8 nitrogen and oxygen atoms in total. The summed E-state index contributed by atoms with van der Waals surface area (Å²) < 4.78 is 38.1. The standard InChI is InChI=1S/C19H18F2N2O6/c1-11(16(24)23-19(26)27-2)28-17(25)14-5-3-4-6-15(14)22-12-7-9-13(10-8-12)29-18(20)21/h3-11,18,22H,1-2H3,(H,23,24,26)/t11-/m0/s1. The average molecular weight is 408 g/mol. The largest absolute Gasteiger partial charge is 0.453 e. The Balaban J connectivity index is 2.08. The molecule has 0 radical (unpaired) electrons. The fourth-order valence-corrected chi connectivity index (χ4v) is 2.18.